The Morgan fingerprint density at radius 3 is 2.93 bits per heavy atom. The second-order valence-corrected chi connectivity index (χ2v) is 6.92. The third kappa shape index (κ3) is 2.55. The van der Waals surface area contributed by atoms with Crippen LogP contribution in [0.2, 0.25) is 0 Å². The molecule has 2 aromatic rings. The predicted molar refractivity (Wildman–Crippen MR) is 95.1 cm³/mol. The number of carbonyl (C=O) groups is 2. The summed E-state index contributed by atoms with van der Waals surface area (Å²) in [5.41, 5.74) is 0.102. The summed E-state index contributed by atoms with van der Waals surface area (Å²) in [4.78, 5) is 26.8. The number of fused-ring (bicyclic) bond motifs is 3. The smallest absolute Gasteiger partial charge is 0.315 e. The molecule has 4 rings (SSSR count). The van der Waals surface area contributed by atoms with Crippen molar-refractivity contribution in [2.75, 3.05) is 26.8 Å². The van der Waals surface area contributed by atoms with Gasteiger partial charge in [-0.15, -0.1) is 0 Å². The van der Waals surface area contributed by atoms with E-state index < -0.39 is 11.4 Å². The van der Waals surface area contributed by atoms with Crippen LogP contribution in [0.3, 0.4) is 0 Å². The van der Waals surface area contributed by atoms with Crippen LogP contribution in [0.1, 0.15) is 28.9 Å². The Balaban J connectivity index is 1.71. The maximum absolute atomic E-state index is 13.0. The van der Waals surface area contributed by atoms with Crippen LogP contribution in [0.25, 0.3) is 0 Å². The zero-order valence-electron chi connectivity index (χ0n) is 15.2. The highest BCUT2D eigenvalue weighted by Crippen LogP contribution is 2.50. The molecule has 142 valence electrons. The van der Waals surface area contributed by atoms with Crippen LogP contribution < -0.4 is 9.47 Å². The highest BCUT2D eigenvalue weighted by atomic mass is 16.5. The van der Waals surface area contributed by atoms with Gasteiger partial charge in [0, 0.05) is 43.4 Å². The second-order valence-electron chi connectivity index (χ2n) is 6.92. The number of carboxylic acids is 1. The van der Waals surface area contributed by atoms with Crippen LogP contribution in [0.4, 0.5) is 0 Å². The Morgan fingerprint density at radius 2 is 2.22 bits per heavy atom. The molecule has 3 heterocycles. The first-order valence-corrected chi connectivity index (χ1v) is 8.85. The van der Waals surface area contributed by atoms with Crippen molar-refractivity contribution in [3.63, 3.8) is 0 Å². The number of hydrogen-bond donors (Lipinski definition) is 1. The van der Waals surface area contributed by atoms with Gasteiger partial charge in [-0.3, -0.25) is 14.3 Å². The molecule has 1 aromatic carbocycles. The lowest BCUT2D eigenvalue weighted by Crippen LogP contribution is -2.46. The molecule has 1 saturated heterocycles. The van der Waals surface area contributed by atoms with Gasteiger partial charge in [0.25, 0.3) is 5.91 Å². The lowest BCUT2D eigenvalue weighted by atomic mass is 9.73. The minimum Gasteiger partial charge on any atom is -0.497 e. The van der Waals surface area contributed by atoms with Gasteiger partial charge in [-0.05, 0) is 19.1 Å². The SMILES string of the molecule is CCn1nccc1C(=O)N1C[C@@H]2c3ccc(OC)cc3OC[C@]2(C(=O)O)C1. The van der Waals surface area contributed by atoms with Crippen LogP contribution in [0.15, 0.2) is 30.5 Å². The van der Waals surface area contributed by atoms with Gasteiger partial charge in [0.05, 0.1) is 7.11 Å². The topological polar surface area (TPSA) is 93.9 Å². The first-order valence-electron chi connectivity index (χ1n) is 8.85. The summed E-state index contributed by atoms with van der Waals surface area (Å²) < 4.78 is 12.6. The van der Waals surface area contributed by atoms with Crippen LogP contribution >= 0.6 is 0 Å². The predicted octanol–water partition coefficient (Wildman–Crippen LogP) is 1.61. The zero-order chi connectivity index (χ0) is 19.2. The fraction of sp³-hybridized carbons (Fsp3) is 0.421. The maximum Gasteiger partial charge on any atom is 0.315 e. The van der Waals surface area contributed by atoms with Gasteiger partial charge in [-0.2, -0.15) is 5.10 Å². The van der Waals surface area contributed by atoms with Crippen molar-refractivity contribution in [1.82, 2.24) is 14.7 Å². The number of ether oxygens (including phenoxy) is 2. The Morgan fingerprint density at radius 1 is 1.41 bits per heavy atom. The van der Waals surface area contributed by atoms with Crippen molar-refractivity contribution in [3.8, 4) is 11.5 Å². The van der Waals surface area contributed by atoms with Crippen molar-refractivity contribution in [3.05, 3.63) is 41.7 Å². The first-order chi connectivity index (χ1) is 13.0. The fourth-order valence-corrected chi connectivity index (χ4v) is 4.08. The molecule has 8 heteroatoms. The van der Waals surface area contributed by atoms with Gasteiger partial charge >= 0.3 is 5.97 Å². The summed E-state index contributed by atoms with van der Waals surface area (Å²) in [5.74, 6) is -0.238. The molecule has 0 bridgehead atoms. The number of aliphatic carboxylic acids is 1. The number of rotatable bonds is 4. The molecule has 27 heavy (non-hydrogen) atoms. The van der Waals surface area contributed by atoms with E-state index in [1.807, 2.05) is 13.0 Å². The van der Waals surface area contributed by atoms with E-state index >= 15 is 0 Å². The number of carbonyl (C=O) groups excluding carboxylic acids is 1. The van der Waals surface area contributed by atoms with E-state index in [4.69, 9.17) is 9.47 Å². The molecule has 1 N–H and O–H groups in total. The lowest BCUT2D eigenvalue weighted by Gasteiger charge is -2.35. The van der Waals surface area contributed by atoms with Gasteiger partial charge in [0.15, 0.2) is 0 Å². The third-order valence-corrected chi connectivity index (χ3v) is 5.57. The summed E-state index contributed by atoms with van der Waals surface area (Å²) in [5, 5.41) is 14.1. The number of aryl methyl sites for hydroxylation is 1. The van der Waals surface area contributed by atoms with Crippen molar-refractivity contribution >= 4 is 11.9 Å². The minimum atomic E-state index is -1.16. The van der Waals surface area contributed by atoms with Crippen molar-refractivity contribution in [1.29, 1.82) is 0 Å². The number of likely N-dealkylation sites (tertiary alicyclic amines) is 1. The summed E-state index contributed by atoms with van der Waals surface area (Å²) in [6.07, 6.45) is 1.58. The Bertz CT molecular complexity index is 909. The number of methoxy groups -OCH3 is 1. The van der Waals surface area contributed by atoms with Crippen LogP contribution in [-0.4, -0.2) is 58.5 Å². The van der Waals surface area contributed by atoms with Gasteiger partial charge in [-0.25, -0.2) is 0 Å². The van der Waals surface area contributed by atoms with E-state index in [1.54, 1.807) is 41.1 Å². The number of nitrogens with zero attached hydrogens (tertiary/aromatic N) is 3. The zero-order valence-corrected chi connectivity index (χ0v) is 15.2. The molecule has 0 radical (unpaired) electrons. The Labute approximate surface area is 156 Å². The molecule has 1 amide bonds. The molecule has 1 fully saturated rings. The number of hydrogen-bond acceptors (Lipinski definition) is 5. The standard InChI is InChI=1S/C19H21N3O5/c1-3-22-15(6-7-20-22)17(23)21-9-14-13-5-4-12(26-2)8-16(13)27-11-19(14,10-21)18(24)25/h4-8,14H,3,9-11H2,1-2H3,(H,24,25)/t14-,19-/m1/s1. The molecule has 0 aliphatic carbocycles. The van der Waals surface area contributed by atoms with E-state index in [0.717, 1.165) is 5.56 Å². The van der Waals surface area contributed by atoms with Gasteiger partial charge in [-0.1, -0.05) is 6.07 Å². The van der Waals surface area contributed by atoms with Crippen molar-refractivity contribution in [2.24, 2.45) is 5.41 Å². The molecular formula is C19H21N3O5. The van der Waals surface area contributed by atoms with E-state index in [0.29, 0.717) is 30.3 Å². The molecule has 2 aliphatic rings. The van der Waals surface area contributed by atoms with Crippen LogP contribution in [0, 0.1) is 5.41 Å². The van der Waals surface area contributed by atoms with Crippen molar-refractivity contribution < 1.29 is 24.2 Å². The first kappa shape index (κ1) is 17.4. The van der Waals surface area contributed by atoms with E-state index in [2.05, 4.69) is 5.10 Å². The molecular weight excluding hydrogens is 350 g/mol. The summed E-state index contributed by atoms with van der Waals surface area (Å²) in [6, 6.07) is 7.05. The minimum absolute atomic E-state index is 0.0178. The average Bonchev–Trinajstić information content (AvgIpc) is 3.32. The number of aromatic nitrogens is 2. The molecule has 0 spiro atoms. The average molecular weight is 371 g/mol. The maximum atomic E-state index is 13.0. The van der Waals surface area contributed by atoms with Gasteiger partial charge in [0.2, 0.25) is 0 Å². The molecule has 1 aromatic heterocycles. The monoisotopic (exact) mass is 371 g/mol. The Kier molecular flexibility index (Phi) is 4.05. The molecule has 0 saturated carbocycles. The molecule has 2 aliphatic heterocycles. The highest BCUT2D eigenvalue weighted by Gasteiger charge is 2.57. The second kappa shape index (κ2) is 6.29. The quantitative estimate of drug-likeness (QED) is 0.878. The number of amides is 1. The molecule has 0 unspecified atom stereocenters. The Hall–Kier alpha value is -3.03. The molecule has 8 nitrogen and oxygen atoms in total. The largest absolute Gasteiger partial charge is 0.497 e. The van der Waals surface area contributed by atoms with E-state index in [-0.39, 0.29) is 25.0 Å². The van der Waals surface area contributed by atoms with E-state index in [9.17, 15) is 14.7 Å². The normalized spacial score (nSPS) is 23.3. The van der Waals surface area contributed by atoms with E-state index in [1.165, 1.54) is 0 Å². The third-order valence-electron chi connectivity index (χ3n) is 5.57. The van der Waals surface area contributed by atoms with Crippen molar-refractivity contribution in [2.45, 2.75) is 19.4 Å². The number of benzene rings is 1. The van der Waals surface area contributed by atoms with Gasteiger partial charge < -0.3 is 19.5 Å². The highest BCUT2D eigenvalue weighted by molar-refractivity contribution is 5.94. The van der Waals surface area contributed by atoms with Crippen LogP contribution in [0.5, 0.6) is 11.5 Å². The summed E-state index contributed by atoms with van der Waals surface area (Å²) in [7, 11) is 1.57. The molecule has 2 atom stereocenters. The summed E-state index contributed by atoms with van der Waals surface area (Å²) in [6.45, 7) is 2.92. The van der Waals surface area contributed by atoms with Gasteiger partial charge in [0.1, 0.15) is 29.2 Å². The number of carboxylic acid groups (broad SMARTS) is 1. The lowest BCUT2D eigenvalue weighted by molar-refractivity contribution is -0.151. The van der Waals surface area contributed by atoms with Crippen LogP contribution in [-0.2, 0) is 11.3 Å². The summed E-state index contributed by atoms with van der Waals surface area (Å²) >= 11 is 0. The fourth-order valence-electron chi connectivity index (χ4n) is 4.08.